The minimum Gasteiger partial charge on any atom is -0.423 e. The second kappa shape index (κ2) is 8.62. The maximum absolute atomic E-state index is 12.1. The number of benzene rings is 2. The molecule has 0 spiro atoms. The zero-order chi connectivity index (χ0) is 20.1. The lowest BCUT2D eigenvalue weighted by molar-refractivity contribution is -0.384. The molecule has 144 valence electrons. The molecule has 3 aromatic rings. The lowest BCUT2D eigenvalue weighted by Gasteiger charge is -2.16. The van der Waals surface area contributed by atoms with Gasteiger partial charge in [0.1, 0.15) is 5.75 Å². The Kier molecular flexibility index (Phi) is 6.00. The molecule has 0 radical (unpaired) electrons. The largest absolute Gasteiger partial charge is 0.423 e. The van der Waals surface area contributed by atoms with Crippen LogP contribution in [-0.4, -0.2) is 29.0 Å². The standard InChI is InChI=1S/C20H19N3O4S/c1-3-22(4-2)20-21-17-11-10-16(13-18(17)28-20)27-19(24)12-7-14-5-8-15(9-6-14)23(25)26/h5-13H,3-4H2,1-2H3/b12-7-. The summed E-state index contributed by atoms with van der Waals surface area (Å²) in [4.78, 5) is 29.0. The molecule has 8 heteroatoms. The molecule has 0 N–H and O–H groups in total. The van der Waals surface area contributed by atoms with E-state index in [9.17, 15) is 14.9 Å². The van der Waals surface area contributed by atoms with Crippen molar-refractivity contribution in [2.75, 3.05) is 18.0 Å². The first kappa shape index (κ1) is 19.5. The first-order valence-electron chi connectivity index (χ1n) is 8.80. The van der Waals surface area contributed by atoms with Crippen LogP contribution in [0.2, 0.25) is 0 Å². The van der Waals surface area contributed by atoms with E-state index < -0.39 is 10.9 Å². The van der Waals surface area contributed by atoms with Gasteiger partial charge in [0, 0.05) is 37.4 Å². The van der Waals surface area contributed by atoms with Gasteiger partial charge >= 0.3 is 5.97 Å². The summed E-state index contributed by atoms with van der Waals surface area (Å²) in [6.45, 7) is 5.93. The Hall–Kier alpha value is -3.26. The molecule has 0 fully saturated rings. The summed E-state index contributed by atoms with van der Waals surface area (Å²) in [6, 6.07) is 11.3. The normalized spacial score (nSPS) is 11.1. The third-order valence-electron chi connectivity index (χ3n) is 4.12. The lowest BCUT2D eigenvalue weighted by atomic mass is 10.2. The maximum Gasteiger partial charge on any atom is 0.336 e. The number of carbonyl (C=O) groups is 1. The van der Waals surface area contributed by atoms with E-state index in [1.165, 1.54) is 18.2 Å². The van der Waals surface area contributed by atoms with Gasteiger partial charge in [0.05, 0.1) is 15.1 Å². The Morgan fingerprint density at radius 1 is 1.21 bits per heavy atom. The Bertz CT molecular complexity index is 1020. The van der Waals surface area contributed by atoms with Crippen molar-refractivity contribution in [3.63, 3.8) is 0 Å². The molecule has 1 aromatic heterocycles. The molecule has 0 aliphatic heterocycles. The van der Waals surface area contributed by atoms with Crippen molar-refractivity contribution in [3.8, 4) is 5.75 Å². The van der Waals surface area contributed by atoms with Gasteiger partial charge in [-0.15, -0.1) is 0 Å². The maximum atomic E-state index is 12.1. The summed E-state index contributed by atoms with van der Waals surface area (Å²) in [6.07, 6.45) is 2.84. The predicted molar refractivity (Wildman–Crippen MR) is 111 cm³/mol. The van der Waals surface area contributed by atoms with E-state index in [0.29, 0.717) is 11.3 Å². The zero-order valence-corrected chi connectivity index (χ0v) is 16.3. The zero-order valence-electron chi connectivity index (χ0n) is 15.5. The molecule has 0 amide bonds. The van der Waals surface area contributed by atoms with Crippen LogP contribution < -0.4 is 9.64 Å². The molecule has 2 aromatic carbocycles. The van der Waals surface area contributed by atoms with Crippen LogP contribution in [0.3, 0.4) is 0 Å². The number of fused-ring (bicyclic) bond motifs is 1. The summed E-state index contributed by atoms with van der Waals surface area (Å²) in [5, 5.41) is 11.6. The van der Waals surface area contributed by atoms with Crippen LogP contribution in [0.15, 0.2) is 48.5 Å². The molecule has 28 heavy (non-hydrogen) atoms. The molecule has 0 unspecified atom stereocenters. The van der Waals surface area contributed by atoms with Crippen molar-refractivity contribution in [3.05, 3.63) is 64.2 Å². The molecule has 7 nitrogen and oxygen atoms in total. The molecule has 0 aliphatic rings. The number of nitro groups is 1. The number of esters is 1. The predicted octanol–water partition coefficient (Wildman–Crippen LogP) is 4.67. The Morgan fingerprint density at radius 3 is 2.57 bits per heavy atom. The molecular weight excluding hydrogens is 378 g/mol. The number of nitrogens with zero attached hydrogens (tertiary/aromatic N) is 3. The van der Waals surface area contributed by atoms with E-state index in [-0.39, 0.29) is 5.69 Å². The Labute approximate surface area is 166 Å². The van der Waals surface area contributed by atoms with Crippen LogP contribution in [0.25, 0.3) is 16.3 Å². The van der Waals surface area contributed by atoms with E-state index in [1.54, 1.807) is 41.7 Å². The van der Waals surface area contributed by atoms with Gasteiger partial charge in [0.25, 0.3) is 5.69 Å². The summed E-state index contributed by atoms with van der Waals surface area (Å²) < 4.78 is 6.31. The topological polar surface area (TPSA) is 85.6 Å². The third-order valence-corrected chi connectivity index (χ3v) is 5.20. The molecule has 3 rings (SSSR count). The van der Waals surface area contributed by atoms with Gasteiger partial charge in [-0.25, -0.2) is 9.78 Å². The number of nitro benzene ring substituents is 1. The number of hydrogen-bond acceptors (Lipinski definition) is 7. The van der Waals surface area contributed by atoms with Gasteiger partial charge < -0.3 is 9.64 Å². The van der Waals surface area contributed by atoms with Gasteiger partial charge in [-0.1, -0.05) is 11.3 Å². The molecule has 0 saturated carbocycles. The van der Waals surface area contributed by atoms with Crippen LogP contribution in [0.4, 0.5) is 10.8 Å². The SMILES string of the molecule is CCN(CC)c1nc2ccc(OC(=O)/C=C\c3ccc([N+](=O)[O-])cc3)cc2s1. The number of thiazole rings is 1. The minimum atomic E-state index is -0.522. The number of carbonyl (C=O) groups excluding carboxylic acids is 1. The lowest BCUT2D eigenvalue weighted by Crippen LogP contribution is -2.21. The molecule has 0 atom stereocenters. The van der Waals surface area contributed by atoms with E-state index in [4.69, 9.17) is 4.74 Å². The Balaban J connectivity index is 1.69. The van der Waals surface area contributed by atoms with Gasteiger partial charge in [0.2, 0.25) is 0 Å². The molecular formula is C20H19N3O4S. The summed E-state index contributed by atoms with van der Waals surface area (Å²) >= 11 is 1.56. The van der Waals surface area contributed by atoms with Crippen LogP contribution in [0.1, 0.15) is 19.4 Å². The summed E-state index contributed by atoms with van der Waals surface area (Å²) in [5.41, 5.74) is 1.54. The highest BCUT2D eigenvalue weighted by Gasteiger charge is 2.11. The van der Waals surface area contributed by atoms with Crippen molar-refractivity contribution < 1.29 is 14.5 Å². The van der Waals surface area contributed by atoms with Crippen molar-refractivity contribution in [2.45, 2.75) is 13.8 Å². The summed E-state index contributed by atoms with van der Waals surface area (Å²) in [7, 11) is 0. The number of non-ortho nitro benzene ring substituents is 1. The number of rotatable bonds is 7. The van der Waals surface area contributed by atoms with Crippen molar-refractivity contribution >= 4 is 44.4 Å². The van der Waals surface area contributed by atoms with Crippen molar-refractivity contribution in [1.29, 1.82) is 0 Å². The van der Waals surface area contributed by atoms with Crippen LogP contribution in [0.5, 0.6) is 5.75 Å². The van der Waals surface area contributed by atoms with Crippen LogP contribution >= 0.6 is 11.3 Å². The average Bonchev–Trinajstić information content (AvgIpc) is 3.10. The highest BCUT2D eigenvalue weighted by Crippen LogP contribution is 2.31. The highest BCUT2D eigenvalue weighted by atomic mass is 32.1. The number of ether oxygens (including phenoxy) is 1. The van der Waals surface area contributed by atoms with Crippen molar-refractivity contribution in [2.24, 2.45) is 0 Å². The highest BCUT2D eigenvalue weighted by molar-refractivity contribution is 7.22. The van der Waals surface area contributed by atoms with Crippen LogP contribution in [0, 0.1) is 10.1 Å². The fourth-order valence-corrected chi connectivity index (χ4v) is 3.73. The molecule has 0 bridgehead atoms. The van der Waals surface area contributed by atoms with Gasteiger partial charge in [-0.05, 0) is 49.8 Å². The third kappa shape index (κ3) is 4.52. The van der Waals surface area contributed by atoms with Crippen LogP contribution in [-0.2, 0) is 4.79 Å². The number of aromatic nitrogens is 1. The van der Waals surface area contributed by atoms with Crippen molar-refractivity contribution in [1.82, 2.24) is 4.98 Å². The smallest absolute Gasteiger partial charge is 0.336 e. The van der Waals surface area contributed by atoms with Gasteiger partial charge in [-0.2, -0.15) is 0 Å². The van der Waals surface area contributed by atoms with E-state index in [1.807, 2.05) is 6.07 Å². The quantitative estimate of drug-likeness (QED) is 0.189. The fraction of sp³-hybridized carbons (Fsp3) is 0.200. The van der Waals surface area contributed by atoms with E-state index >= 15 is 0 Å². The number of anilines is 1. The number of hydrogen-bond donors (Lipinski definition) is 0. The first-order chi connectivity index (χ1) is 13.5. The molecule has 0 saturated heterocycles. The average molecular weight is 397 g/mol. The van der Waals surface area contributed by atoms with E-state index in [2.05, 4.69) is 23.7 Å². The molecule has 0 aliphatic carbocycles. The minimum absolute atomic E-state index is 0.00154. The second-order valence-corrected chi connectivity index (χ2v) is 6.91. The van der Waals surface area contributed by atoms with Gasteiger partial charge in [-0.3, -0.25) is 10.1 Å². The first-order valence-corrected chi connectivity index (χ1v) is 9.61. The monoisotopic (exact) mass is 397 g/mol. The summed E-state index contributed by atoms with van der Waals surface area (Å²) in [5.74, 6) is -0.0771. The van der Waals surface area contributed by atoms with E-state index in [0.717, 1.165) is 28.4 Å². The molecule has 1 heterocycles. The fourth-order valence-electron chi connectivity index (χ4n) is 2.61. The Morgan fingerprint density at radius 2 is 1.93 bits per heavy atom. The second-order valence-electron chi connectivity index (χ2n) is 5.90. The van der Waals surface area contributed by atoms with Gasteiger partial charge in [0.15, 0.2) is 5.13 Å².